The Kier molecular flexibility index (Phi) is 7.67. The second-order valence-electron chi connectivity index (χ2n) is 1.92. The van der Waals surface area contributed by atoms with Crippen LogP contribution in [0.2, 0.25) is 0 Å². The minimum atomic E-state index is 1.75. The Balaban J connectivity index is 3.59. The van der Waals surface area contributed by atoms with Gasteiger partial charge in [0.1, 0.15) is 0 Å². The Morgan fingerprint density at radius 3 is 1.64 bits per heavy atom. The summed E-state index contributed by atoms with van der Waals surface area (Å²) in [6, 6.07) is 0. The highest BCUT2D eigenvalue weighted by Crippen LogP contribution is 1.81. The average Bonchev–Trinajstić information content (AvgIpc) is 2.03. The Hall–Kier alpha value is -1.30. The van der Waals surface area contributed by atoms with Crippen molar-refractivity contribution in [3.8, 4) is 0 Å². The fourth-order valence-corrected chi connectivity index (χ4v) is 0.510. The van der Waals surface area contributed by atoms with Gasteiger partial charge in [-0.05, 0) is 6.92 Å². The van der Waals surface area contributed by atoms with Crippen LogP contribution in [0.1, 0.15) is 6.92 Å². The molecule has 11 heavy (non-hydrogen) atoms. The van der Waals surface area contributed by atoms with Gasteiger partial charge in [-0.3, -0.25) is 0 Å². The first-order valence-electron chi connectivity index (χ1n) is 3.65. The zero-order valence-corrected chi connectivity index (χ0v) is 6.90. The van der Waals surface area contributed by atoms with Gasteiger partial charge in [-0.15, -0.1) is 0 Å². The number of hydrogen-bond acceptors (Lipinski definition) is 0. The molecule has 0 spiro atoms. The second kappa shape index (κ2) is 8.70. The molecule has 0 bridgehead atoms. The lowest BCUT2D eigenvalue weighted by Gasteiger charge is -1.71. The van der Waals surface area contributed by atoms with Crippen LogP contribution in [-0.2, 0) is 0 Å². The van der Waals surface area contributed by atoms with E-state index in [-0.39, 0.29) is 0 Å². The molecular formula is C11H14. The molecule has 0 saturated carbocycles. The number of rotatable bonds is 4. The van der Waals surface area contributed by atoms with Crippen LogP contribution >= 0.6 is 0 Å². The van der Waals surface area contributed by atoms with Crippen LogP contribution in [0.3, 0.4) is 0 Å². The third kappa shape index (κ3) is 8.70. The Morgan fingerprint density at radius 2 is 1.18 bits per heavy atom. The minimum absolute atomic E-state index is 1.75. The summed E-state index contributed by atoms with van der Waals surface area (Å²) in [5.41, 5.74) is 0. The first-order chi connectivity index (χ1) is 5.41. The maximum Gasteiger partial charge on any atom is -0.0467 e. The summed E-state index contributed by atoms with van der Waals surface area (Å²) in [6.45, 7) is 5.55. The molecule has 0 amide bonds. The molecule has 0 unspecified atom stereocenters. The summed E-state index contributed by atoms with van der Waals surface area (Å²) in [7, 11) is 0. The van der Waals surface area contributed by atoms with Crippen LogP contribution in [0, 0.1) is 0 Å². The molecule has 0 saturated heterocycles. The lowest BCUT2D eigenvalue weighted by atomic mass is 10.4. The Morgan fingerprint density at radius 1 is 0.727 bits per heavy atom. The van der Waals surface area contributed by atoms with E-state index in [1.54, 1.807) is 6.08 Å². The summed E-state index contributed by atoms with van der Waals surface area (Å²) in [5, 5.41) is 0. The zero-order chi connectivity index (χ0) is 8.36. The molecule has 0 N–H and O–H groups in total. The SMILES string of the molecule is C=C/C=C\C=CC=C/C=C\C. The van der Waals surface area contributed by atoms with E-state index in [0.717, 1.165) is 0 Å². The van der Waals surface area contributed by atoms with Gasteiger partial charge in [-0.2, -0.15) is 0 Å². The smallest absolute Gasteiger partial charge is 0.0467 e. The Labute approximate surface area is 68.9 Å². The highest BCUT2D eigenvalue weighted by atomic mass is 13.7. The molecule has 0 nitrogen and oxygen atoms in total. The molecule has 0 aromatic carbocycles. The van der Waals surface area contributed by atoms with Crippen LogP contribution in [0.5, 0.6) is 0 Å². The summed E-state index contributed by atoms with van der Waals surface area (Å²) < 4.78 is 0. The van der Waals surface area contributed by atoms with Crippen molar-refractivity contribution in [2.45, 2.75) is 6.92 Å². The topological polar surface area (TPSA) is 0 Å². The second-order valence-corrected chi connectivity index (χ2v) is 1.92. The molecule has 0 fully saturated rings. The normalized spacial score (nSPS) is 12.8. The van der Waals surface area contributed by atoms with Gasteiger partial charge in [0, 0.05) is 0 Å². The predicted octanol–water partition coefficient (Wildman–Crippen LogP) is 3.42. The van der Waals surface area contributed by atoms with Crippen molar-refractivity contribution in [2.24, 2.45) is 0 Å². The largest absolute Gasteiger partial charge is 0.0991 e. The van der Waals surface area contributed by atoms with E-state index < -0.39 is 0 Å². The van der Waals surface area contributed by atoms with Crippen LogP contribution in [0.4, 0.5) is 0 Å². The maximum absolute atomic E-state index is 3.56. The third-order valence-electron chi connectivity index (χ3n) is 0.995. The van der Waals surface area contributed by atoms with Gasteiger partial charge < -0.3 is 0 Å². The van der Waals surface area contributed by atoms with E-state index in [1.807, 2.05) is 55.5 Å². The van der Waals surface area contributed by atoms with Gasteiger partial charge in [-0.1, -0.05) is 61.3 Å². The fraction of sp³-hybridized carbons (Fsp3) is 0.0909. The van der Waals surface area contributed by atoms with Crippen molar-refractivity contribution in [1.82, 2.24) is 0 Å². The Bertz CT molecular complexity index is 190. The van der Waals surface area contributed by atoms with E-state index in [0.29, 0.717) is 0 Å². The van der Waals surface area contributed by atoms with E-state index in [1.165, 1.54) is 0 Å². The molecular weight excluding hydrogens is 132 g/mol. The van der Waals surface area contributed by atoms with Crippen LogP contribution in [-0.4, -0.2) is 0 Å². The highest BCUT2D eigenvalue weighted by molar-refractivity contribution is 5.16. The van der Waals surface area contributed by atoms with Crippen molar-refractivity contribution in [3.05, 3.63) is 61.3 Å². The van der Waals surface area contributed by atoms with Crippen LogP contribution in [0.15, 0.2) is 61.3 Å². The molecule has 0 heteroatoms. The third-order valence-corrected chi connectivity index (χ3v) is 0.995. The summed E-state index contributed by atoms with van der Waals surface area (Å²) in [6.07, 6.45) is 17.5. The predicted molar refractivity (Wildman–Crippen MR) is 52.4 cm³/mol. The van der Waals surface area contributed by atoms with Gasteiger partial charge in [0.15, 0.2) is 0 Å². The van der Waals surface area contributed by atoms with Crippen molar-refractivity contribution >= 4 is 0 Å². The first-order valence-corrected chi connectivity index (χ1v) is 3.65. The van der Waals surface area contributed by atoms with E-state index in [9.17, 15) is 0 Å². The van der Waals surface area contributed by atoms with Gasteiger partial charge in [-0.25, -0.2) is 0 Å². The molecule has 0 aliphatic carbocycles. The summed E-state index contributed by atoms with van der Waals surface area (Å²) >= 11 is 0. The minimum Gasteiger partial charge on any atom is -0.0991 e. The standard InChI is InChI=1S/C11H14/c1-3-5-7-9-11-10-8-6-4-2/h3-11H,1H2,2H3/b6-4-,7-5-,10-8?,11-9?. The molecule has 0 aromatic heterocycles. The van der Waals surface area contributed by atoms with Crippen molar-refractivity contribution in [3.63, 3.8) is 0 Å². The van der Waals surface area contributed by atoms with Crippen LogP contribution in [0.25, 0.3) is 0 Å². The average molecular weight is 146 g/mol. The van der Waals surface area contributed by atoms with E-state index >= 15 is 0 Å². The summed E-state index contributed by atoms with van der Waals surface area (Å²) in [4.78, 5) is 0. The highest BCUT2D eigenvalue weighted by Gasteiger charge is 1.59. The monoisotopic (exact) mass is 146 g/mol. The lowest BCUT2D eigenvalue weighted by Crippen LogP contribution is -1.49. The molecule has 0 aliphatic rings. The van der Waals surface area contributed by atoms with E-state index in [4.69, 9.17) is 0 Å². The van der Waals surface area contributed by atoms with Crippen molar-refractivity contribution < 1.29 is 0 Å². The first kappa shape index (κ1) is 9.70. The quantitative estimate of drug-likeness (QED) is 0.533. The molecule has 0 radical (unpaired) electrons. The molecule has 0 rings (SSSR count). The maximum atomic E-state index is 3.56. The van der Waals surface area contributed by atoms with Crippen molar-refractivity contribution in [2.75, 3.05) is 0 Å². The van der Waals surface area contributed by atoms with Crippen molar-refractivity contribution in [1.29, 1.82) is 0 Å². The van der Waals surface area contributed by atoms with Gasteiger partial charge >= 0.3 is 0 Å². The molecule has 0 atom stereocenters. The van der Waals surface area contributed by atoms with E-state index in [2.05, 4.69) is 6.58 Å². The molecule has 0 heterocycles. The summed E-state index contributed by atoms with van der Waals surface area (Å²) in [5.74, 6) is 0. The fourth-order valence-electron chi connectivity index (χ4n) is 0.510. The van der Waals surface area contributed by atoms with Gasteiger partial charge in [0.2, 0.25) is 0 Å². The molecule has 0 aliphatic heterocycles. The van der Waals surface area contributed by atoms with Gasteiger partial charge in [0.25, 0.3) is 0 Å². The van der Waals surface area contributed by atoms with Gasteiger partial charge in [0.05, 0.1) is 0 Å². The number of hydrogen-bond donors (Lipinski definition) is 0. The number of allylic oxidation sites excluding steroid dienone is 9. The molecule has 0 aromatic rings. The van der Waals surface area contributed by atoms with Crippen LogP contribution < -0.4 is 0 Å². The molecule has 58 valence electrons. The zero-order valence-electron chi connectivity index (χ0n) is 6.90. The lowest BCUT2D eigenvalue weighted by molar-refractivity contribution is 1.73.